The number of halogens is 1. The molecule has 3 heterocycles. The minimum atomic E-state index is -0.305. The van der Waals surface area contributed by atoms with Crippen molar-refractivity contribution in [1.29, 1.82) is 0 Å². The largest absolute Gasteiger partial charge is 0.328 e. The fourth-order valence-electron chi connectivity index (χ4n) is 3.99. The quantitative estimate of drug-likeness (QED) is 0.736. The van der Waals surface area contributed by atoms with E-state index in [1.54, 1.807) is 17.1 Å². The molecule has 0 unspecified atom stereocenters. The molecular formula is C20H16ClN5O. The van der Waals surface area contributed by atoms with E-state index < -0.39 is 0 Å². The van der Waals surface area contributed by atoms with Crippen LogP contribution in [0.25, 0.3) is 0 Å². The fourth-order valence-corrected chi connectivity index (χ4v) is 4.19. The van der Waals surface area contributed by atoms with Gasteiger partial charge in [-0.15, -0.1) is 0 Å². The maximum atomic E-state index is 13.2. The van der Waals surface area contributed by atoms with Gasteiger partial charge in [0.05, 0.1) is 0 Å². The summed E-state index contributed by atoms with van der Waals surface area (Å²) in [6, 6.07) is 11.3. The fraction of sp³-hybridized carbons (Fsp3) is 0.200. The number of ketones is 1. The number of pyridine rings is 1. The Morgan fingerprint density at radius 1 is 1.15 bits per heavy atom. The first-order chi connectivity index (χ1) is 13.2. The van der Waals surface area contributed by atoms with Crippen LogP contribution in [0.1, 0.15) is 35.9 Å². The lowest BCUT2D eigenvalue weighted by molar-refractivity contribution is -0.116. The number of carbonyl (C=O) groups is 1. The zero-order chi connectivity index (χ0) is 18.4. The van der Waals surface area contributed by atoms with Crippen molar-refractivity contribution >= 4 is 23.3 Å². The van der Waals surface area contributed by atoms with Gasteiger partial charge in [0.25, 0.3) is 0 Å². The zero-order valence-corrected chi connectivity index (χ0v) is 15.1. The molecule has 1 aliphatic heterocycles. The molecule has 2 aliphatic rings. The average Bonchev–Trinajstić information content (AvgIpc) is 3.15. The number of rotatable bonds is 2. The highest BCUT2D eigenvalue weighted by molar-refractivity contribution is 6.30. The summed E-state index contributed by atoms with van der Waals surface area (Å²) in [5.74, 6) is 0.845. The summed E-state index contributed by atoms with van der Waals surface area (Å²) >= 11 is 6.15. The average molecular weight is 378 g/mol. The van der Waals surface area contributed by atoms with Gasteiger partial charge in [0.2, 0.25) is 5.95 Å². The Labute approximate surface area is 160 Å². The number of aromatic nitrogens is 4. The van der Waals surface area contributed by atoms with Crippen LogP contribution in [0.5, 0.6) is 0 Å². The first-order valence-corrected chi connectivity index (χ1v) is 9.16. The Kier molecular flexibility index (Phi) is 3.79. The molecule has 0 amide bonds. The van der Waals surface area contributed by atoms with E-state index in [1.807, 2.05) is 36.4 Å². The maximum Gasteiger partial charge on any atom is 0.226 e. The topological polar surface area (TPSA) is 72.7 Å². The van der Waals surface area contributed by atoms with Gasteiger partial charge >= 0.3 is 0 Å². The number of nitrogens with one attached hydrogen (secondary N) is 1. The minimum absolute atomic E-state index is 0.0893. The summed E-state index contributed by atoms with van der Waals surface area (Å²) in [5, 5.41) is 8.34. The van der Waals surface area contributed by atoms with Crippen LogP contribution < -0.4 is 5.32 Å². The van der Waals surface area contributed by atoms with E-state index in [0.717, 1.165) is 28.8 Å². The van der Waals surface area contributed by atoms with Gasteiger partial charge in [-0.2, -0.15) is 10.1 Å². The van der Waals surface area contributed by atoms with E-state index in [2.05, 4.69) is 20.4 Å². The number of anilines is 1. The van der Waals surface area contributed by atoms with Crippen molar-refractivity contribution in [3.05, 3.63) is 82.5 Å². The second kappa shape index (κ2) is 6.32. The highest BCUT2D eigenvalue weighted by Crippen LogP contribution is 2.43. The Balaban J connectivity index is 1.60. The number of hydrogen-bond donors (Lipinski definition) is 1. The van der Waals surface area contributed by atoms with E-state index in [9.17, 15) is 4.79 Å². The highest BCUT2D eigenvalue weighted by atomic mass is 35.5. The molecule has 0 saturated carbocycles. The third-order valence-electron chi connectivity index (χ3n) is 5.18. The van der Waals surface area contributed by atoms with Gasteiger partial charge in [-0.3, -0.25) is 9.78 Å². The standard InChI is InChI=1S/C20H16ClN5O/c21-15-5-1-3-12(7-15)14-8-16-18(17(27)9-14)19(13-4-2-6-22-10-13)26-20(25-16)23-11-24-26/h1-7,10-11,14,19H,8-9H2,(H,23,24,25)/t14-,19+/m0/s1. The van der Waals surface area contributed by atoms with Crippen LogP contribution >= 0.6 is 11.6 Å². The second-order valence-electron chi connectivity index (χ2n) is 6.82. The predicted octanol–water partition coefficient (Wildman–Crippen LogP) is 3.74. The molecule has 0 spiro atoms. The van der Waals surface area contributed by atoms with E-state index in [-0.39, 0.29) is 17.7 Å². The van der Waals surface area contributed by atoms with Gasteiger partial charge in [-0.1, -0.05) is 29.8 Å². The molecule has 1 N–H and O–H groups in total. The molecule has 7 heteroatoms. The molecular weight excluding hydrogens is 362 g/mol. The van der Waals surface area contributed by atoms with Crippen molar-refractivity contribution in [2.75, 3.05) is 5.32 Å². The number of nitrogens with zero attached hydrogens (tertiary/aromatic N) is 4. The first-order valence-electron chi connectivity index (χ1n) is 8.79. The highest BCUT2D eigenvalue weighted by Gasteiger charge is 2.39. The maximum absolute atomic E-state index is 13.2. The summed E-state index contributed by atoms with van der Waals surface area (Å²) in [7, 11) is 0. The number of fused-ring (bicyclic) bond motifs is 1. The van der Waals surface area contributed by atoms with Gasteiger partial charge in [-0.05, 0) is 41.7 Å². The molecule has 0 bridgehead atoms. The van der Waals surface area contributed by atoms with E-state index >= 15 is 0 Å². The summed E-state index contributed by atoms with van der Waals surface area (Å²) < 4.78 is 1.76. The molecule has 6 nitrogen and oxygen atoms in total. The summed E-state index contributed by atoms with van der Waals surface area (Å²) in [6.45, 7) is 0. The van der Waals surface area contributed by atoms with Gasteiger partial charge < -0.3 is 5.32 Å². The normalized spacial score (nSPS) is 21.4. The van der Waals surface area contributed by atoms with E-state index in [0.29, 0.717) is 17.4 Å². The van der Waals surface area contributed by atoms with Crippen LogP contribution in [-0.4, -0.2) is 25.5 Å². The Morgan fingerprint density at radius 3 is 2.85 bits per heavy atom. The van der Waals surface area contributed by atoms with Gasteiger partial charge in [-0.25, -0.2) is 4.68 Å². The molecule has 1 aliphatic carbocycles. The molecule has 3 aromatic rings. The first kappa shape index (κ1) is 16.2. The van der Waals surface area contributed by atoms with Crippen LogP contribution in [-0.2, 0) is 4.79 Å². The smallest absolute Gasteiger partial charge is 0.226 e. The molecule has 27 heavy (non-hydrogen) atoms. The lowest BCUT2D eigenvalue weighted by Crippen LogP contribution is -2.33. The Bertz CT molecular complexity index is 1060. The third kappa shape index (κ3) is 2.73. The molecule has 134 valence electrons. The van der Waals surface area contributed by atoms with Gasteiger partial charge in [0, 0.05) is 35.1 Å². The molecule has 0 fully saturated rings. The van der Waals surface area contributed by atoms with Crippen molar-refractivity contribution in [1.82, 2.24) is 19.7 Å². The molecule has 0 radical (unpaired) electrons. The third-order valence-corrected chi connectivity index (χ3v) is 5.42. The predicted molar refractivity (Wildman–Crippen MR) is 101 cm³/mol. The van der Waals surface area contributed by atoms with Crippen molar-refractivity contribution in [2.45, 2.75) is 24.8 Å². The number of hydrogen-bond acceptors (Lipinski definition) is 5. The molecule has 2 aromatic heterocycles. The molecule has 0 saturated heterocycles. The summed E-state index contributed by atoms with van der Waals surface area (Å²) in [6.07, 6.45) is 6.18. The van der Waals surface area contributed by atoms with E-state index in [4.69, 9.17) is 11.6 Å². The van der Waals surface area contributed by atoms with Crippen molar-refractivity contribution in [3.8, 4) is 0 Å². The SMILES string of the molecule is O=C1C[C@@H](c2cccc(Cl)c2)CC2=C1[C@@H](c1cccnc1)n1ncnc1N2. The van der Waals surface area contributed by atoms with Gasteiger partial charge in [0.15, 0.2) is 5.78 Å². The summed E-state index contributed by atoms with van der Waals surface area (Å²) in [4.78, 5) is 21.7. The lowest BCUT2D eigenvalue weighted by atomic mass is 9.78. The van der Waals surface area contributed by atoms with Crippen LogP contribution in [0.2, 0.25) is 5.02 Å². The number of benzene rings is 1. The molecule has 1 aromatic carbocycles. The van der Waals surface area contributed by atoms with Crippen LogP contribution in [0.4, 0.5) is 5.95 Å². The lowest BCUT2D eigenvalue weighted by Gasteiger charge is -2.35. The van der Waals surface area contributed by atoms with Gasteiger partial charge in [0.1, 0.15) is 12.4 Å². The zero-order valence-electron chi connectivity index (χ0n) is 14.3. The minimum Gasteiger partial charge on any atom is -0.328 e. The van der Waals surface area contributed by atoms with Crippen molar-refractivity contribution < 1.29 is 4.79 Å². The molecule has 2 atom stereocenters. The van der Waals surface area contributed by atoms with Crippen LogP contribution in [0.15, 0.2) is 66.4 Å². The van der Waals surface area contributed by atoms with E-state index in [1.165, 1.54) is 6.33 Å². The van der Waals surface area contributed by atoms with Crippen LogP contribution in [0.3, 0.4) is 0 Å². The van der Waals surface area contributed by atoms with Crippen LogP contribution in [0, 0.1) is 0 Å². The van der Waals surface area contributed by atoms with Crippen molar-refractivity contribution in [3.63, 3.8) is 0 Å². The summed E-state index contributed by atoms with van der Waals surface area (Å²) in [5.41, 5.74) is 3.66. The monoisotopic (exact) mass is 377 g/mol. The molecule has 5 rings (SSSR count). The number of Topliss-reactive ketones (excluding diaryl/α,β-unsaturated/α-hetero) is 1. The Morgan fingerprint density at radius 2 is 2.04 bits per heavy atom. The second-order valence-corrected chi connectivity index (χ2v) is 7.25. The number of carbonyl (C=O) groups excluding carboxylic acids is 1. The van der Waals surface area contributed by atoms with Crippen molar-refractivity contribution in [2.24, 2.45) is 0 Å². The number of allylic oxidation sites excluding steroid dienone is 2. The Hall–Kier alpha value is -2.99.